The van der Waals surface area contributed by atoms with Gasteiger partial charge in [-0.2, -0.15) is 0 Å². The van der Waals surface area contributed by atoms with Gasteiger partial charge in [-0.3, -0.25) is 4.79 Å². The molecule has 0 aromatic heterocycles. The average Bonchev–Trinajstić information content (AvgIpc) is 2.62. The molecule has 5 nitrogen and oxygen atoms in total. The maximum Gasteiger partial charge on any atom is 0.321 e. The van der Waals surface area contributed by atoms with Gasteiger partial charge in [-0.15, -0.1) is 0 Å². The van der Waals surface area contributed by atoms with E-state index in [4.69, 9.17) is 4.74 Å². The Morgan fingerprint density at radius 1 is 1.12 bits per heavy atom. The highest BCUT2D eigenvalue weighted by atomic mass is 16.5. The first-order valence-electron chi connectivity index (χ1n) is 8.39. The summed E-state index contributed by atoms with van der Waals surface area (Å²) < 4.78 is 5.06. The van der Waals surface area contributed by atoms with Crippen molar-refractivity contribution in [1.82, 2.24) is 4.90 Å². The van der Waals surface area contributed by atoms with Crippen LogP contribution < -0.4 is 5.32 Å². The number of nitrogens with one attached hydrogen (secondary N) is 1. The summed E-state index contributed by atoms with van der Waals surface area (Å²) in [5, 5.41) is 5.11. The van der Waals surface area contributed by atoms with Crippen LogP contribution in [0.4, 0.5) is 10.5 Å². The minimum absolute atomic E-state index is 0.0912. The second kappa shape index (κ2) is 7.34. The lowest BCUT2D eigenvalue weighted by Crippen LogP contribution is -2.42. The standard InChI is InChI=1S/C19H22N2O3/c1-2-24-18(22)15-10-12-21(13-11-15)19(23)20-17-9-5-7-14-6-3-4-8-16(14)17/h3-9,15H,2,10-13H2,1H3,(H,20,23). The number of nitrogens with zero attached hydrogens (tertiary/aromatic N) is 1. The second-order valence-corrected chi connectivity index (χ2v) is 5.97. The van der Waals surface area contributed by atoms with Gasteiger partial charge in [0.05, 0.1) is 18.2 Å². The van der Waals surface area contributed by atoms with Crippen molar-refractivity contribution in [2.45, 2.75) is 19.8 Å². The van der Waals surface area contributed by atoms with Gasteiger partial charge in [0.1, 0.15) is 0 Å². The average molecular weight is 326 g/mol. The van der Waals surface area contributed by atoms with Crippen LogP contribution >= 0.6 is 0 Å². The predicted molar refractivity (Wildman–Crippen MR) is 93.9 cm³/mol. The van der Waals surface area contributed by atoms with Crippen LogP contribution in [-0.2, 0) is 9.53 Å². The van der Waals surface area contributed by atoms with Crippen molar-refractivity contribution in [3.05, 3.63) is 42.5 Å². The number of anilines is 1. The Bertz CT molecular complexity index is 731. The fraction of sp³-hybridized carbons (Fsp3) is 0.368. The van der Waals surface area contributed by atoms with E-state index >= 15 is 0 Å². The van der Waals surface area contributed by atoms with Gasteiger partial charge >= 0.3 is 12.0 Å². The number of carbonyl (C=O) groups excluding carboxylic acids is 2. The van der Waals surface area contributed by atoms with Crippen LogP contribution in [0, 0.1) is 5.92 Å². The van der Waals surface area contributed by atoms with Gasteiger partial charge in [-0.1, -0.05) is 36.4 Å². The van der Waals surface area contributed by atoms with E-state index in [9.17, 15) is 9.59 Å². The lowest BCUT2D eigenvalue weighted by Gasteiger charge is -2.31. The van der Waals surface area contributed by atoms with Crippen LogP contribution in [0.15, 0.2) is 42.5 Å². The number of urea groups is 1. The van der Waals surface area contributed by atoms with Crippen LogP contribution in [0.5, 0.6) is 0 Å². The molecule has 0 saturated carbocycles. The van der Waals surface area contributed by atoms with Crippen LogP contribution in [0.2, 0.25) is 0 Å². The third-order valence-electron chi connectivity index (χ3n) is 4.43. The molecule has 2 aromatic carbocycles. The number of esters is 1. The predicted octanol–water partition coefficient (Wildman–Crippen LogP) is 3.65. The molecule has 1 fully saturated rings. The van der Waals surface area contributed by atoms with Crippen molar-refractivity contribution in [1.29, 1.82) is 0 Å². The molecule has 1 aliphatic rings. The molecule has 5 heteroatoms. The van der Waals surface area contributed by atoms with E-state index in [2.05, 4.69) is 5.32 Å². The van der Waals surface area contributed by atoms with E-state index in [1.807, 2.05) is 49.4 Å². The summed E-state index contributed by atoms with van der Waals surface area (Å²) in [7, 11) is 0. The lowest BCUT2D eigenvalue weighted by atomic mass is 9.97. The zero-order valence-corrected chi connectivity index (χ0v) is 13.8. The number of rotatable bonds is 3. The first kappa shape index (κ1) is 16.3. The second-order valence-electron chi connectivity index (χ2n) is 5.97. The number of hydrogen-bond donors (Lipinski definition) is 1. The molecule has 0 atom stereocenters. The Kier molecular flexibility index (Phi) is 4.99. The maximum absolute atomic E-state index is 12.5. The van der Waals surface area contributed by atoms with E-state index < -0.39 is 0 Å². The molecule has 0 spiro atoms. The molecule has 0 unspecified atom stereocenters. The Morgan fingerprint density at radius 3 is 2.58 bits per heavy atom. The van der Waals surface area contributed by atoms with Gasteiger partial charge in [0, 0.05) is 18.5 Å². The first-order chi connectivity index (χ1) is 11.7. The first-order valence-corrected chi connectivity index (χ1v) is 8.39. The van der Waals surface area contributed by atoms with Gasteiger partial charge in [0.25, 0.3) is 0 Å². The van der Waals surface area contributed by atoms with Gasteiger partial charge in [0.2, 0.25) is 0 Å². The topological polar surface area (TPSA) is 58.6 Å². The third-order valence-corrected chi connectivity index (χ3v) is 4.43. The number of benzene rings is 2. The molecule has 24 heavy (non-hydrogen) atoms. The number of amides is 2. The van der Waals surface area contributed by atoms with Crippen molar-refractivity contribution in [3.63, 3.8) is 0 Å². The normalized spacial score (nSPS) is 15.3. The van der Waals surface area contributed by atoms with E-state index in [-0.39, 0.29) is 17.9 Å². The summed E-state index contributed by atoms with van der Waals surface area (Å²) >= 11 is 0. The molecule has 3 rings (SSSR count). The Morgan fingerprint density at radius 2 is 1.83 bits per heavy atom. The highest BCUT2D eigenvalue weighted by Gasteiger charge is 2.28. The van der Waals surface area contributed by atoms with E-state index in [0.717, 1.165) is 16.5 Å². The third kappa shape index (κ3) is 3.50. The van der Waals surface area contributed by atoms with E-state index in [1.54, 1.807) is 4.90 Å². The molecule has 2 aromatic rings. The summed E-state index contributed by atoms with van der Waals surface area (Å²) in [6.07, 6.45) is 1.31. The molecule has 0 radical (unpaired) electrons. The number of hydrogen-bond acceptors (Lipinski definition) is 3. The molecule has 0 aliphatic carbocycles. The lowest BCUT2D eigenvalue weighted by molar-refractivity contribution is -0.149. The molecule has 126 valence electrons. The van der Waals surface area contributed by atoms with Crippen molar-refractivity contribution in [2.75, 3.05) is 25.0 Å². The summed E-state index contributed by atoms with van der Waals surface area (Å²) in [5.41, 5.74) is 0.811. The van der Waals surface area contributed by atoms with Gasteiger partial charge < -0.3 is 15.0 Å². The number of fused-ring (bicyclic) bond motifs is 1. The Balaban J connectivity index is 1.63. The highest BCUT2D eigenvalue weighted by molar-refractivity contribution is 6.01. The fourth-order valence-corrected chi connectivity index (χ4v) is 3.11. The molecule has 0 bridgehead atoms. The monoisotopic (exact) mass is 326 g/mol. The summed E-state index contributed by atoms with van der Waals surface area (Å²) in [4.78, 5) is 26.0. The van der Waals surface area contributed by atoms with Gasteiger partial charge in [-0.25, -0.2) is 4.79 Å². The number of ether oxygens (including phenoxy) is 1. The smallest absolute Gasteiger partial charge is 0.321 e. The number of piperidine rings is 1. The van der Waals surface area contributed by atoms with Crippen LogP contribution in [0.25, 0.3) is 10.8 Å². The molecular weight excluding hydrogens is 304 g/mol. The summed E-state index contributed by atoms with van der Waals surface area (Å²) in [6, 6.07) is 13.7. The maximum atomic E-state index is 12.5. The SMILES string of the molecule is CCOC(=O)C1CCN(C(=O)Nc2cccc3ccccc23)CC1. The molecule has 1 N–H and O–H groups in total. The minimum atomic E-state index is -0.147. The molecule has 1 saturated heterocycles. The van der Waals surface area contributed by atoms with Crippen molar-refractivity contribution in [2.24, 2.45) is 5.92 Å². The van der Waals surface area contributed by atoms with Crippen molar-refractivity contribution in [3.8, 4) is 0 Å². The van der Waals surface area contributed by atoms with Gasteiger partial charge in [-0.05, 0) is 31.2 Å². The number of likely N-dealkylation sites (tertiary alicyclic amines) is 1. The van der Waals surface area contributed by atoms with Crippen LogP contribution in [-0.4, -0.2) is 36.6 Å². The van der Waals surface area contributed by atoms with Crippen LogP contribution in [0.1, 0.15) is 19.8 Å². The molecular formula is C19H22N2O3. The summed E-state index contributed by atoms with van der Waals surface area (Å²) in [5.74, 6) is -0.238. The van der Waals surface area contributed by atoms with Gasteiger partial charge in [0.15, 0.2) is 0 Å². The number of carbonyl (C=O) groups is 2. The molecule has 1 heterocycles. The molecule has 1 aliphatic heterocycles. The van der Waals surface area contributed by atoms with E-state index in [1.165, 1.54) is 0 Å². The van der Waals surface area contributed by atoms with Crippen LogP contribution in [0.3, 0.4) is 0 Å². The zero-order valence-electron chi connectivity index (χ0n) is 13.8. The fourth-order valence-electron chi connectivity index (χ4n) is 3.11. The zero-order chi connectivity index (χ0) is 16.9. The largest absolute Gasteiger partial charge is 0.466 e. The Labute approximate surface area is 141 Å². The Hall–Kier alpha value is -2.56. The summed E-state index contributed by atoms with van der Waals surface area (Å²) in [6.45, 7) is 3.35. The quantitative estimate of drug-likeness (QED) is 0.876. The minimum Gasteiger partial charge on any atom is -0.466 e. The van der Waals surface area contributed by atoms with Crippen molar-refractivity contribution < 1.29 is 14.3 Å². The highest BCUT2D eigenvalue weighted by Crippen LogP contribution is 2.24. The van der Waals surface area contributed by atoms with E-state index in [0.29, 0.717) is 32.5 Å². The molecule has 2 amide bonds. The van der Waals surface area contributed by atoms with Crippen molar-refractivity contribution >= 4 is 28.5 Å².